The van der Waals surface area contributed by atoms with Crippen molar-refractivity contribution in [1.29, 1.82) is 0 Å². The second kappa shape index (κ2) is 13.1. The summed E-state index contributed by atoms with van der Waals surface area (Å²) < 4.78 is 37.4. The van der Waals surface area contributed by atoms with Crippen molar-refractivity contribution in [3.05, 3.63) is 83.4 Å². The normalized spacial score (nSPS) is 19.7. The van der Waals surface area contributed by atoms with Crippen LogP contribution < -0.4 is 9.47 Å². The average Bonchev–Trinajstić information content (AvgIpc) is 3.04. The summed E-state index contributed by atoms with van der Waals surface area (Å²) in [5, 5.41) is 0. The molecule has 0 N–H and O–H groups in total. The van der Waals surface area contributed by atoms with Crippen LogP contribution >= 0.6 is 0 Å². The van der Waals surface area contributed by atoms with Gasteiger partial charge >= 0.3 is 0 Å². The number of amides is 1. The highest BCUT2D eigenvalue weighted by Crippen LogP contribution is 2.34. The van der Waals surface area contributed by atoms with Gasteiger partial charge in [0, 0.05) is 62.5 Å². The summed E-state index contributed by atoms with van der Waals surface area (Å²) in [7, 11) is -0.771. The Morgan fingerprint density at radius 1 is 0.907 bits per heavy atom. The van der Waals surface area contributed by atoms with E-state index in [1.165, 1.54) is 20.3 Å². The number of carbonyl (C=O) groups excluding carboxylic acids is 1. The molecule has 0 spiro atoms. The van der Waals surface area contributed by atoms with Crippen LogP contribution in [0.5, 0.6) is 11.5 Å². The zero-order chi connectivity index (χ0) is 30.7. The third-order valence-corrected chi connectivity index (χ3v) is 11.0. The van der Waals surface area contributed by atoms with Gasteiger partial charge in [-0.15, -0.1) is 0 Å². The van der Waals surface area contributed by atoms with Crippen molar-refractivity contribution in [2.75, 3.05) is 46.9 Å². The molecule has 0 unspecified atom stereocenters. The summed E-state index contributed by atoms with van der Waals surface area (Å²) in [5.74, 6) is 0.936. The van der Waals surface area contributed by atoms with Crippen molar-refractivity contribution < 1.29 is 22.7 Å². The third-order valence-electron chi connectivity index (χ3n) is 9.18. The van der Waals surface area contributed by atoms with Crippen molar-refractivity contribution in [3.63, 3.8) is 0 Å². The molecule has 0 saturated carbocycles. The number of likely N-dealkylation sites (tertiary alicyclic amines) is 1. The number of aryl methyl sites for hydroxylation is 1. The Morgan fingerprint density at radius 2 is 1.60 bits per heavy atom. The molecule has 0 bridgehead atoms. The van der Waals surface area contributed by atoms with Crippen molar-refractivity contribution >= 4 is 15.7 Å². The molecule has 9 heteroatoms. The molecule has 0 radical (unpaired) electrons. The minimum Gasteiger partial charge on any atom is -0.497 e. The zero-order valence-electron chi connectivity index (χ0n) is 25.8. The first-order valence-electron chi connectivity index (χ1n) is 15.1. The third kappa shape index (κ3) is 6.44. The number of hydrogen-bond donors (Lipinski definition) is 0. The molecule has 2 fully saturated rings. The van der Waals surface area contributed by atoms with Crippen molar-refractivity contribution in [1.82, 2.24) is 14.7 Å². The Morgan fingerprint density at radius 3 is 2.23 bits per heavy atom. The molecule has 230 valence electrons. The molecule has 2 heterocycles. The number of piperazine rings is 1. The maximum Gasteiger partial charge on any atom is 0.254 e. The molecule has 1 amide bonds. The van der Waals surface area contributed by atoms with Crippen molar-refractivity contribution in [3.8, 4) is 11.5 Å². The smallest absolute Gasteiger partial charge is 0.254 e. The number of rotatable bonds is 8. The first-order valence-corrected chi connectivity index (χ1v) is 16.5. The highest BCUT2D eigenvalue weighted by Gasteiger charge is 2.34. The number of methoxy groups -OCH3 is 2. The molecule has 3 aromatic rings. The molecule has 43 heavy (non-hydrogen) atoms. The summed E-state index contributed by atoms with van der Waals surface area (Å²) in [5.41, 5.74) is 2.93. The molecule has 2 aliphatic rings. The standard InChI is InChI=1S/C34H43N3O5S/c1-24-8-6-7-9-31(24)34(38)35-18-16-28(17-19-35)36-20-21-37(25(2)23-36)26(3)27-10-13-30(14-11-27)43(39,40)33-15-12-29(41-4)22-32(33)42-5/h6-15,22,25-26,28H,16-21,23H2,1-5H3/t25-,26+/m1/s1. The lowest BCUT2D eigenvalue weighted by Gasteiger charge is -2.47. The van der Waals surface area contributed by atoms with E-state index in [9.17, 15) is 13.2 Å². The molecule has 2 saturated heterocycles. The topological polar surface area (TPSA) is 79.4 Å². The van der Waals surface area contributed by atoms with Crippen LogP contribution in [0.15, 0.2) is 76.5 Å². The van der Waals surface area contributed by atoms with Crippen LogP contribution in [0.1, 0.15) is 54.2 Å². The molecule has 2 atom stereocenters. The van der Waals surface area contributed by atoms with E-state index in [-0.39, 0.29) is 27.5 Å². The predicted octanol–water partition coefficient (Wildman–Crippen LogP) is 5.22. The van der Waals surface area contributed by atoms with Crippen LogP contribution in [0.3, 0.4) is 0 Å². The SMILES string of the molecule is COc1ccc(S(=O)(=O)c2ccc([C@H](C)N3CCN(C4CCN(C(=O)c5ccccc5C)CC4)C[C@H]3C)cc2)c(OC)c1. The van der Waals surface area contributed by atoms with E-state index in [0.717, 1.165) is 62.3 Å². The monoisotopic (exact) mass is 605 g/mol. The number of nitrogens with zero attached hydrogens (tertiary/aromatic N) is 3. The Labute approximate surface area is 256 Å². The van der Waals surface area contributed by atoms with Crippen LogP contribution in [-0.2, 0) is 9.84 Å². The molecular weight excluding hydrogens is 562 g/mol. The summed E-state index contributed by atoms with van der Waals surface area (Å²) in [6.07, 6.45) is 1.99. The van der Waals surface area contributed by atoms with Crippen LogP contribution in [0, 0.1) is 6.92 Å². The van der Waals surface area contributed by atoms with Crippen LogP contribution in [0.25, 0.3) is 0 Å². The number of ether oxygens (including phenoxy) is 2. The van der Waals surface area contributed by atoms with Crippen LogP contribution in [-0.4, -0.2) is 88.1 Å². The van der Waals surface area contributed by atoms with E-state index < -0.39 is 9.84 Å². The van der Waals surface area contributed by atoms with Crippen LogP contribution in [0.4, 0.5) is 0 Å². The van der Waals surface area contributed by atoms with Crippen LogP contribution in [0.2, 0.25) is 0 Å². The molecular formula is C34H43N3O5S. The summed E-state index contributed by atoms with van der Waals surface area (Å²) in [6, 6.07) is 20.8. The van der Waals surface area contributed by atoms with Gasteiger partial charge in [0.25, 0.3) is 5.91 Å². The number of carbonyl (C=O) groups is 1. The van der Waals surface area contributed by atoms with Gasteiger partial charge in [-0.1, -0.05) is 30.3 Å². The van der Waals surface area contributed by atoms with Gasteiger partial charge in [-0.3, -0.25) is 14.6 Å². The largest absolute Gasteiger partial charge is 0.497 e. The quantitative estimate of drug-likeness (QED) is 0.349. The summed E-state index contributed by atoms with van der Waals surface area (Å²) in [6.45, 7) is 10.9. The van der Waals surface area contributed by atoms with Gasteiger partial charge in [0.15, 0.2) is 0 Å². The lowest BCUT2D eigenvalue weighted by atomic mass is 9.98. The van der Waals surface area contributed by atoms with Gasteiger partial charge in [0.1, 0.15) is 16.4 Å². The minimum absolute atomic E-state index is 0.117. The van der Waals surface area contributed by atoms with Gasteiger partial charge in [-0.2, -0.15) is 0 Å². The number of piperidine rings is 1. The highest BCUT2D eigenvalue weighted by atomic mass is 32.2. The first-order chi connectivity index (χ1) is 20.6. The van der Waals surface area contributed by atoms with E-state index in [4.69, 9.17) is 9.47 Å². The van der Waals surface area contributed by atoms with Gasteiger partial charge in [0.2, 0.25) is 9.84 Å². The fraction of sp³-hybridized carbons (Fsp3) is 0.441. The second-order valence-corrected chi connectivity index (χ2v) is 13.6. The Kier molecular flexibility index (Phi) is 9.44. The summed E-state index contributed by atoms with van der Waals surface area (Å²) in [4.78, 5) is 20.5. The molecule has 3 aromatic carbocycles. The minimum atomic E-state index is -3.76. The fourth-order valence-electron chi connectivity index (χ4n) is 6.56. The van der Waals surface area contributed by atoms with Gasteiger partial charge in [0.05, 0.1) is 19.1 Å². The molecule has 0 aliphatic carbocycles. The number of sulfone groups is 1. The predicted molar refractivity (Wildman–Crippen MR) is 168 cm³/mol. The average molecular weight is 606 g/mol. The number of hydrogen-bond acceptors (Lipinski definition) is 7. The highest BCUT2D eigenvalue weighted by molar-refractivity contribution is 7.91. The van der Waals surface area contributed by atoms with E-state index in [0.29, 0.717) is 17.8 Å². The zero-order valence-corrected chi connectivity index (χ0v) is 26.6. The van der Waals surface area contributed by atoms with Gasteiger partial charge in [-0.05, 0) is 75.1 Å². The molecule has 5 rings (SSSR count). The van der Waals surface area contributed by atoms with Crippen molar-refractivity contribution in [2.24, 2.45) is 0 Å². The van der Waals surface area contributed by atoms with E-state index in [2.05, 4.69) is 23.6 Å². The van der Waals surface area contributed by atoms with E-state index in [1.807, 2.05) is 48.2 Å². The fourth-order valence-corrected chi connectivity index (χ4v) is 7.97. The van der Waals surface area contributed by atoms with E-state index >= 15 is 0 Å². The van der Waals surface area contributed by atoms with E-state index in [1.54, 1.807) is 24.3 Å². The van der Waals surface area contributed by atoms with Gasteiger partial charge in [-0.25, -0.2) is 8.42 Å². The second-order valence-electron chi connectivity index (χ2n) is 11.7. The lowest BCUT2D eigenvalue weighted by molar-refractivity contribution is 0.0135. The maximum atomic E-state index is 13.4. The summed E-state index contributed by atoms with van der Waals surface area (Å²) >= 11 is 0. The number of benzene rings is 3. The molecule has 0 aromatic heterocycles. The Bertz CT molecular complexity index is 1530. The Balaban J connectivity index is 1.18. The lowest BCUT2D eigenvalue weighted by Crippen LogP contribution is -2.57. The maximum absolute atomic E-state index is 13.4. The van der Waals surface area contributed by atoms with Crippen molar-refractivity contribution in [2.45, 2.75) is 61.5 Å². The Hall–Kier alpha value is -3.40. The van der Waals surface area contributed by atoms with Gasteiger partial charge < -0.3 is 14.4 Å². The molecule has 8 nitrogen and oxygen atoms in total. The first kappa shape index (κ1) is 31.0. The molecule has 2 aliphatic heterocycles.